The third kappa shape index (κ3) is 2.68. The zero-order chi connectivity index (χ0) is 13.4. The molecule has 17 heavy (non-hydrogen) atoms. The molecule has 1 aliphatic heterocycles. The first-order valence-electron chi connectivity index (χ1n) is 6.22. The minimum absolute atomic E-state index is 0.0182. The van der Waals surface area contributed by atoms with Crippen LogP contribution in [0.4, 0.5) is 0 Å². The largest absolute Gasteiger partial charge is 0.315 e. The van der Waals surface area contributed by atoms with Crippen LogP contribution in [0.3, 0.4) is 0 Å². The van der Waals surface area contributed by atoms with Gasteiger partial charge in [0.25, 0.3) is 0 Å². The lowest BCUT2D eigenvalue weighted by molar-refractivity contribution is -0.140. The molecule has 3 unspecified atom stereocenters. The van der Waals surface area contributed by atoms with E-state index >= 15 is 0 Å². The molecule has 0 spiro atoms. The minimum Gasteiger partial charge on any atom is -0.315 e. The van der Waals surface area contributed by atoms with Crippen LogP contribution >= 0.6 is 0 Å². The Balaban J connectivity index is 2.81. The molecule has 0 saturated carbocycles. The van der Waals surface area contributed by atoms with Gasteiger partial charge in [-0.05, 0) is 12.5 Å². The predicted molar refractivity (Wildman–Crippen MR) is 67.4 cm³/mol. The maximum absolute atomic E-state index is 12.0. The standard InChI is InChI=1S/C13H24N2O2/c1-8-9(2)12(17)15(11(8)16)7-10(14-6)13(3,4)5/h8-10,14H,7H2,1-6H3. The summed E-state index contributed by atoms with van der Waals surface area (Å²) in [6, 6.07) is 0.118. The Morgan fingerprint density at radius 3 is 1.88 bits per heavy atom. The van der Waals surface area contributed by atoms with Gasteiger partial charge in [0.2, 0.25) is 11.8 Å². The third-order valence-corrected chi connectivity index (χ3v) is 3.82. The van der Waals surface area contributed by atoms with E-state index in [0.717, 1.165) is 0 Å². The summed E-state index contributed by atoms with van der Waals surface area (Å²) in [5, 5.41) is 3.19. The van der Waals surface area contributed by atoms with Gasteiger partial charge in [-0.3, -0.25) is 14.5 Å². The molecule has 1 aliphatic rings. The predicted octanol–water partition coefficient (Wildman–Crippen LogP) is 1.26. The second kappa shape index (κ2) is 4.77. The highest BCUT2D eigenvalue weighted by molar-refractivity contribution is 6.04. The van der Waals surface area contributed by atoms with Gasteiger partial charge >= 0.3 is 0 Å². The number of hydrogen-bond donors (Lipinski definition) is 1. The van der Waals surface area contributed by atoms with Gasteiger partial charge in [-0.25, -0.2) is 0 Å². The molecular weight excluding hydrogens is 216 g/mol. The van der Waals surface area contributed by atoms with Gasteiger partial charge in [-0.2, -0.15) is 0 Å². The lowest BCUT2D eigenvalue weighted by Gasteiger charge is -2.33. The van der Waals surface area contributed by atoms with Crippen molar-refractivity contribution in [2.75, 3.05) is 13.6 Å². The second-order valence-electron chi connectivity index (χ2n) is 6.07. The maximum Gasteiger partial charge on any atom is 0.232 e. The Labute approximate surface area is 104 Å². The van der Waals surface area contributed by atoms with Gasteiger partial charge in [-0.1, -0.05) is 34.6 Å². The average Bonchev–Trinajstić information content (AvgIpc) is 2.40. The topological polar surface area (TPSA) is 49.4 Å². The smallest absolute Gasteiger partial charge is 0.232 e. The Hall–Kier alpha value is -0.900. The number of amides is 2. The molecule has 98 valence electrons. The van der Waals surface area contributed by atoms with Gasteiger partial charge in [-0.15, -0.1) is 0 Å². The summed E-state index contributed by atoms with van der Waals surface area (Å²) in [7, 11) is 1.87. The zero-order valence-corrected chi connectivity index (χ0v) is 11.7. The Morgan fingerprint density at radius 1 is 1.18 bits per heavy atom. The van der Waals surface area contributed by atoms with Crippen molar-refractivity contribution in [1.29, 1.82) is 0 Å². The summed E-state index contributed by atoms with van der Waals surface area (Å²) in [4.78, 5) is 25.4. The first-order valence-corrected chi connectivity index (χ1v) is 6.22. The first-order chi connectivity index (χ1) is 7.70. The molecule has 1 rings (SSSR count). The number of carbonyl (C=O) groups excluding carboxylic acids is 2. The van der Waals surface area contributed by atoms with Crippen LogP contribution in [0.15, 0.2) is 0 Å². The average molecular weight is 240 g/mol. The molecule has 1 fully saturated rings. The summed E-state index contributed by atoms with van der Waals surface area (Å²) in [6.45, 7) is 10.4. The molecule has 0 aliphatic carbocycles. The number of nitrogens with one attached hydrogen (secondary N) is 1. The van der Waals surface area contributed by atoms with E-state index in [2.05, 4.69) is 26.1 Å². The molecular formula is C13H24N2O2. The van der Waals surface area contributed by atoms with Crippen molar-refractivity contribution in [1.82, 2.24) is 10.2 Å². The lowest BCUT2D eigenvalue weighted by atomic mass is 9.86. The summed E-state index contributed by atoms with van der Waals surface area (Å²) in [5.74, 6) is -0.432. The summed E-state index contributed by atoms with van der Waals surface area (Å²) >= 11 is 0. The normalized spacial score (nSPS) is 27.8. The highest BCUT2D eigenvalue weighted by Gasteiger charge is 2.43. The van der Waals surface area contributed by atoms with Gasteiger partial charge in [0.1, 0.15) is 0 Å². The molecule has 0 bridgehead atoms. The van der Waals surface area contributed by atoms with Crippen LogP contribution in [0.2, 0.25) is 0 Å². The van der Waals surface area contributed by atoms with E-state index in [1.807, 2.05) is 20.9 Å². The quantitative estimate of drug-likeness (QED) is 0.756. The molecule has 1 N–H and O–H groups in total. The molecule has 1 heterocycles. The minimum atomic E-state index is -0.181. The van der Waals surface area contributed by atoms with Crippen LogP contribution in [0.25, 0.3) is 0 Å². The molecule has 2 amide bonds. The third-order valence-electron chi connectivity index (χ3n) is 3.82. The van der Waals surface area contributed by atoms with Crippen LogP contribution < -0.4 is 5.32 Å². The number of hydrogen-bond acceptors (Lipinski definition) is 3. The van der Waals surface area contributed by atoms with Crippen LogP contribution in [-0.2, 0) is 9.59 Å². The molecule has 3 atom stereocenters. The Morgan fingerprint density at radius 2 is 1.59 bits per heavy atom. The van der Waals surface area contributed by atoms with Crippen molar-refractivity contribution < 1.29 is 9.59 Å². The fourth-order valence-corrected chi connectivity index (χ4v) is 2.19. The van der Waals surface area contributed by atoms with Crippen molar-refractivity contribution in [3.63, 3.8) is 0 Å². The fourth-order valence-electron chi connectivity index (χ4n) is 2.19. The number of rotatable bonds is 3. The molecule has 0 aromatic heterocycles. The summed E-state index contributed by atoms with van der Waals surface area (Å²) < 4.78 is 0. The van der Waals surface area contributed by atoms with Crippen LogP contribution in [0.1, 0.15) is 34.6 Å². The van der Waals surface area contributed by atoms with Crippen LogP contribution in [0.5, 0.6) is 0 Å². The maximum atomic E-state index is 12.0. The number of carbonyl (C=O) groups is 2. The summed E-state index contributed by atoms with van der Waals surface area (Å²) in [6.07, 6.45) is 0. The molecule has 1 saturated heterocycles. The van der Waals surface area contributed by atoms with E-state index in [1.54, 1.807) is 0 Å². The van der Waals surface area contributed by atoms with E-state index in [4.69, 9.17) is 0 Å². The number of nitrogens with zero attached hydrogens (tertiary/aromatic N) is 1. The first kappa shape index (κ1) is 14.2. The second-order valence-corrected chi connectivity index (χ2v) is 6.07. The molecule has 0 aromatic rings. The number of likely N-dealkylation sites (tertiary alicyclic amines) is 1. The van der Waals surface area contributed by atoms with Gasteiger partial charge in [0.15, 0.2) is 0 Å². The molecule has 4 heteroatoms. The van der Waals surface area contributed by atoms with E-state index in [9.17, 15) is 9.59 Å². The Bertz CT molecular complexity index is 300. The molecule has 4 nitrogen and oxygen atoms in total. The number of likely N-dealkylation sites (N-methyl/N-ethyl adjacent to an activating group) is 1. The zero-order valence-electron chi connectivity index (χ0n) is 11.7. The highest BCUT2D eigenvalue weighted by Crippen LogP contribution is 2.28. The van der Waals surface area contributed by atoms with Crippen LogP contribution in [-0.4, -0.2) is 36.3 Å². The van der Waals surface area contributed by atoms with E-state index in [0.29, 0.717) is 6.54 Å². The monoisotopic (exact) mass is 240 g/mol. The van der Waals surface area contributed by atoms with E-state index in [-0.39, 0.29) is 35.1 Å². The van der Waals surface area contributed by atoms with Gasteiger partial charge in [0.05, 0.1) is 0 Å². The van der Waals surface area contributed by atoms with Crippen LogP contribution in [0, 0.1) is 17.3 Å². The highest BCUT2D eigenvalue weighted by atomic mass is 16.2. The molecule has 0 aromatic carbocycles. The van der Waals surface area contributed by atoms with Crippen molar-refractivity contribution in [3.8, 4) is 0 Å². The lowest BCUT2D eigenvalue weighted by Crippen LogP contribution is -2.49. The SMILES string of the molecule is CNC(CN1C(=O)C(C)C(C)C1=O)C(C)(C)C. The van der Waals surface area contributed by atoms with Gasteiger partial charge < -0.3 is 5.32 Å². The van der Waals surface area contributed by atoms with E-state index < -0.39 is 0 Å². The Kier molecular flexibility index (Phi) is 3.97. The van der Waals surface area contributed by atoms with Crippen molar-refractivity contribution in [2.24, 2.45) is 17.3 Å². The van der Waals surface area contributed by atoms with Crippen molar-refractivity contribution in [3.05, 3.63) is 0 Å². The van der Waals surface area contributed by atoms with Crippen molar-refractivity contribution >= 4 is 11.8 Å². The fraction of sp³-hybridized carbons (Fsp3) is 0.846. The van der Waals surface area contributed by atoms with Crippen molar-refractivity contribution in [2.45, 2.75) is 40.7 Å². The van der Waals surface area contributed by atoms with Gasteiger partial charge in [0, 0.05) is 24.4 Å². The van der Waals surface area contributed by atoms with E-state index in [1.165, 1.54) is 4.90 Å². The summed E-state index contributed by atoms with van der Waals surface area (Å²) in [5.41, 5.74) is 0.0182. The molecule has 0 radical (unpaired) electrons. The number of imide groups is 1.